The van der Waals surface area contributed by atoms with Crippen LogP contribution in [0.15, 0.2) is 54.6 Å². The summed E-state index contributed by atoms with van der Waals surface area (Å²) in [6, 6.07) is 11.4. The number of benzene rings is 2. The van der Waals surface area contributed by atoms with Crippen molar-refractivity contribution in [1.82, 2.24) is 0 Å². The Kier molecular flexibility index (Phi) is 3.49. The van der Waals surface area contributed by atoms with Crippen molar-refractivity contribution in [1.29, 1.82) is 0 Å². The Hall–Kier alpha value is -3.22. The minimum Gasteiger partial charge on any atom is -0.372 e. The number of para-hydroxylation sites is 1. The first-order chi connectivity index (χ1) is 12.1. The molecule has 2 aromatic carbocycles. The van der Waals surface area contributed by atoms with E-state index in [2.05, 4.69) is 17.5 Å². The van der Waals surface area contributed by atoms with Crippen molar-refractivity contribution in [3.05, 3.63) is 86.0 Å². The van der Waals surface area contributed by atoms with Gasteiger partial charge in [0.1, 0.15) is 5.69 Å². The highest BCUT2D eigenvalue weighted by atomic mass is 16.6. The molecular weight excluding hydrogens is 322 g/mol. The van der Waals surface area contributed by atoms with Crippen LogP contribution in [-0.4, -0.2) is 9.85 Å². The average Bonchev–Trinajstić information content (AvgIpc) is 3.10. The maximum atomic E-state index is 11.4. The molecule has 0 saturated heterocycles. The van der Waals surface area contributed by atoms with Gasteiger partial charge in [0.25, 0.3) is 11.4 Å². The molecule has 2 aromatic rings. The summed E-state index contributed by atoms with van der Waals surface area (Å²) in [5.74, 6) is 0.247. The van der Waals surface area contributed by atoms with Crippen molar-refractivity contribution in [3.63, 3.8) is 0 Å². The van der Waals surface area contributed by atoms with Gasteiger partial charge >= 0.3 is 0 Å². The zero-order valence-electron chi connectivity index (χ0n) is 13.2. The summed E-state index contributed by atoms with van der Waals surface area (Å²) in [5, 5.41) is 25.8. The van der Waals surface area contributed by atoms with Crippen LogP contribution in [0.5, 0.6) is 0 Å². The van der Waals surface area contributed by atoms with E-state index in [0.29, 0.717) is 5.69 Å². The number of rotatable bonds is 3. The molecule has 0 aromatic heterocycles. The molecule has 1 heterocycles. The van der Waals surface area contributed by atoms with Gasteiger partial charge < -0.3 is 5.32 Å². The van der Waals surface area contributed by atoms with E-state index in [1.807, 2.05) is 12.1 Å². The molecule has 2 aliphatic rings. The summed E-state index contributed by atoms with van der Waals surface area (Å²) >= 11 is 0. The summed E-state index contributed by atoms with van der Waals surface area (Å²) in [4.78, 5) is 21.7. The molecule has 7 heteroatoms. The van der Waals surface area contributed by atoms with Crippen molar-refractivity contribution in [2.45, 2.75) is 18.4 Å². The molecule has 1 aliphatic carbocycles. The predicted octanol–water partition coefficient (Wildman–Crippen LogP) is 4.33. The van der Waals surface area contributed by atoms with Gasteiger partial charge in [-0.05, 0) is 23.5 Å². The Morgan fingerprint density at radius 1 is 1.04 bits per heavy atom. The van der Waals surface area contributed by atoms with Gasteiger partial charge in [-0.15, -0.1) is 0 Å². The van der Waals surface area contributed by atoms with E-state index < -0.39 is 9.85 Å². The van der Waals surface area contributed by atoms with Crippen LogP contribution in [0.1, 0.15) is 29.5 Å². The highest BCUT2D eigenvalue weighted by molar-refractivity contribution is 5.71. The number of nitro benzene ring substituents is 2. The number of non-ortho nitro benzene ring substituents is 1. The molecule has 0 bridgehead atoms. The number of nitro groups is 2. The fraction of sp³-hybridized carbons (Fsp3) is 0.222. The lowest BCUT2D eigenvalue weighted by Crippen LogP contribution is -2.29. The first-order valence-corrected chi connectivity index (χ1v) is 8.01. The summed E-state index contributed by atoms with van der Waals surface area (Å²) in [5.41, 5.74) is 2.25. The first-order valence-electron chi connectivity index (χ1n) is 8.01. The molecule has 3 atom stereocenters. The normalized spacial score (nSPS) is 23.4. The number of allylic oxidation sites excluding steroid dienone is 2. The summed E-state index contributed by atoms with van der Waals surface area (Å²) in [7, 11) is 0. The second-order valence-corrected chi connectivity index (χ2v) is 6.33. The van der Waals surface area contributed by atoms with Crippen molar-refractivity contribution >= 4 is 17.1 Å². The van der Waals surface area contributed by atoms with Gasteiger partial charge in [-0.25, -0.2) is 0 Å². The van der Waals surface area contributed by atoms with Gasteiger partial charge in [-0.1, -0.05) is 36.4 Å². The quantitative estimate of drug-likeness (QED) is 0.510. The van der Waals surface area contributed by atoms with Gasteiger partial charge in [0.2, 0.25) is 0 Å². The standard InChI is InChI=1S/C18H15N3O4/c22-20(23)12-5-1-4-11(10-12)17-14-7-2-6-13(14)15-8-3-9-16(21(24)25)18(15)19-17/h1-6,8-10,13-14,17,19H,7H2/t13-,14-,17+/m0/s1. The molecule has 7 nitrogen and oxygen atoms in total. The molecule has 0 fully saturated rings. The number of nitrogens with zero attached hydrogens (tertiary/aromatic N) is 2. The molecule has 0 radical (unpaired) electrons. The second kappa shape index (κ2) is 5.70. The topological polar surface area (TPSA) is 98.3 Å². The van der Waals surface area contributed by atoms with Gasteiger partial charge in [0, 0.05) is 24.1 Å². The first kappa shape index (κ1) is 15.3. The summed E-state index contributed by atoms with van der Waals surface area (Å²) in [6.45, 7) is 0. The van der Waals surface area contributed by atoms with Crippen LogP contribution in [0, 0.1) is 26.1 Å². The third-order valence-electron chi connectivity index (χ3n) is 5.01. The van der Waals surface area contributed by atoms with Gasteiger partial charge in [0.05, 0.1) is 15.9 Å². The fourth-order valence-electron chi connectivity index (χ4n) is 3.92. The van der Waals surface area contributed by atoms with Gasteiger partial charge in [0.15, 0.2) is 0 Å². The van der Waals surface area contributed by atoms with E-state index in [1.165, 1.54) is 12.1 Å². The largest absolute Gasteiger partial charge is 0.372 e. The van der Waals surface area contributed by atoms with Crippen molar-refractivity contribution in [3.8, 4) is 0 Å². The molecule has 0 amide bonds. The average molecular weight is 337 g/mol. The Morgan fingerprint density at radius 3 is 2.60 bits per heavy atom. The smallest absolute Gasteiger partial charge is 0.292 e. The minimum absolute atomic E-state index is 0.0233. The van der Waals surface area contributed by atoms with Crippen LogP contribution >= 0.6 is 0 Å². The molecule has 1 aliphatic heterocycles. The molecule has 126 valence electrons. The summed E-state index contributed by atoms with van der Waals surface area (Å²) < 4.78 is 0. The molecule has 0 spiro atoms. The monoisotopic (exact) mass is 337 g/mol. The number of hydrogen-bond donors (Lipinski definition) is 1. The Balaban J connectivity index is 1.83. The minimum atomic E-state index is -0.424. The lowest BCUT2D eigenvalue weighted by atomic mass is 9.76. The van der Waals surface area contributed by atoms with Gasteiger partial charge in [-0.3, -0.25) is 20.2 Å². The van der Waals surface area contributed by atoms with E-state index in [9.17, 15) is 20.2 Å². The number of nitrogens with one attached hydrogen (secondary N) is 1. The van der Waals surface area contributed by atoms with Crippen molar-refractivity contribution < 1.29 is 9.85 Å². The van der Waals surface area contributed by atoms with Crippen LogP contribution in [0.3, 0.4) is 0 Å². The highest BCUT2D eigenvalue weighted by Gasteiger charge is 2.40. The van der Waals surface area contributed by atoms with E-state index in [1.54, 1.807) is 18.2 Å². The van der Waals surface area contributed by atoms with E-state index in [-0.39, 0.29) is 29.3 Å². The maximum Gasteiger partial charge on any atom is 0.292 e. The maximum absolute atomic E-state index is 11.4. The van der Waals surface area contributed by atoms with Crippen LogP contribution in [0.25, 0.3) is 0 Å². The predicted molar refractivity (Wildman–Crippen MR) is 92.5 cm³/mol. The van der Waals surface area contributed by atoms with E-state index in [0.717, 1.165) is 17.5 Å². The molecule has 0 saturated carbocycles. The van der Waals surface area contributed by atoms with Crippen molar-refractivity contribution in [2.24, 2.45) is 5.92 Å². The highest BCUT2D eigenvalue weighted by Crippen LogP contribution is 2.52. The fourth-order valence-corrected chi connectivity index (χ4v) is 3.92. The Bertz CT molecular complexity index is 909. The zero-order chi connectivity index (χ0) is 17.6. The molecule has 0 unspecified atom stereocenters. The molecule has 4 rings (SSSR count). The Morgan fingerprint density at radius 2 is 1.84 bits per heavy atom. The molecular formula is C18H15N3O4. The second-order valence-electron chi connectivity index (χ2n) is 6.33. The van der Waals surface area contributed by atoms with Crippen molar-refractivity contribution in [2.75, 3.05) is 5.32 Å². The van der Waals surface area contributed by atoms with Crippen LogP contribution < -0.4 is 5.32 Å². The molecule has 1 N–H and O–H groups in total. The van der Waals surface area contributed by atoms with Crippen LogP contribution in [0.4, 0.5) is 17.1 Å². The lowest BCUT2D eigenvalue weighted by Gasteiger charge is -2.37. The zero-order valence-corrected chi connectivity index (χ0v) is 13.2. The van der Waals surface area contributed by atoms with E-state index >= 15 is 0 Å². The number of anilines is 1. The third kappa shape index (κ3) is 2.44. The number of hydrogen-bond acceptors (Lipinski definition) is 5. The Labute approximate surface area is 143 Å². The third-order valence-corrected chi connectivity index (χ3v) is 5.01. The van der Waals surface area contributed by atoms with Crippen LogP contribution in [0.2, 0.25) is 0 Å². The van der Waals surface area contributed by atoms with Crippen LogP contribution in [-0.2, 0) is 0 Å². The molecule has 25 heavy (non-hydrogen) atoms. The lowest BCUT2D eigenvalue weighted by molar-refractivity contribution is -0.384. The van der Waals surface area contributed by atoms with E-state index in [4.69, 9.17) is 0 Å². The SMILES string of the molecule is O=[N+]([O-])c1cccc([C@H]2Nc3c(cccc3[N+](=O)[O-])[C@H]3C=CC[C@@H]32)c1. The van der Waals surface area contributed by atoms with Gasteiger partial charge in [-0.2, -0.15) is 0 Å². The number of fused-ring (bicyclic) bond motifs is 3. The summed E-state index contributed by atoms with van der Waals surface area (Å²) in [6.07, 6.45) is 4.99.